The molecule has 2 amide bonds. The average Bonchev–Trinajstić information content (AvgIpc) is 3.11. The fourth-order valence-corrected chi connectivity index (χ4v) is 3.32. The highest BCUT2D eigenvalue weighted by Gasteiger charge is 2.16. The van der Waals surface area contributed by atoms with E-state index >= 15 is 0 Å². The highest BCUT2D eigenvalue weighted by atomic mass is 35.5. The number of anilines is 1. The van der Waals surface area contributed by atoms with E-state index in [-0.39, 0.29) is 24.7 Å². The Morgan fingerprint density at radius 1 is 0.968 bits per heavy atom. The number of amides is 2. The number of hydrogen-bond donors (Lipinski definition) is 2. The number of nitrogens with one attached hydrogen (secondary N) is 2. The van der Waals surface area contributed by atoms with E-state index in [1.165, 1.54) is 12.1 Å². The van der Waals surface area contributed by atoms with Gasteiger partial charge in [-0.25, -0.2) is 9.37 Å². The van der Waals surface area contributed by atoms with Crippen LogP contribution in [0.4, 0.5) is 10.1 Å². The molecule has 0 spiro atoms. The molecule has 0 radical (unpaired) electrons. The van der Waals surface area contributed by atoms with Crippen LogP contribution in [-0.2, 0) is 17.9 Å². The third-order valence-corrected chi connectivity index (χ3v) is 4.95. The van der Waals surface area contributed by atoms with Crippen molar-refractivity contribution in [3.05, 3.63) is 95.0 Å². The van der Waals surface area contributed by atoms with Crippen LogP contribution in [0.15, 0.2) is 72.8 Å². The zero-order valence-corrected chi connectivity index (χ0v) is 17.1. The van der Waals surface area contributed by atoms with Gasteiger partial charge in [-0.2, -0.15) is 0 Å². The Hall–Kier alpha value is -3.71. The van der Waals surface area contributed by atoms with Crippen LogP contribution in [0.3, 0.4) is 0 Å². The van der Waals surface area contributed by atoms with Gasteiger partial charge in [-0.05, 0) is 48.5 Å². The second-order valence-corrected chi connectivity index (χ2v) is 7.26. The third-order valence-electron chi connectivity index (χ3n) is 4.70. The second kappa shape index (κ2) is 8.97. The lowest BCUT2D eigenvalue weighted by atomic mass is 10.2. The largest absolute Gasteiger partial charge is 0.345 e. The number of aromatic nitrogens is 2. The molecule has 0 saturated heterocycles. The maximum atomic E-state index is 13.9. The van der Waals surface area contributed by atoms with Crippen molar-refractivity contribution in [2.75, 3.05) is 5.32 Å². The van der Waals surface area contributed by atoms with Crippen LogP contribution < -0.4 is 10.6 Å². The van der Waals surface area contributed by atoms with Crippen LogP contribution in [0.1, 0.15) is 16.2 Å². The van der Waals surface area contributed by atoms with Gasteiger partial charge >= 0.3 is 0 Å². The Morgan fingerprint density at radius 3 is 2.45 bits per heavy atom. The molecule has 6 nitrogen and oxygen atoms in total. The summed E-state index contributed by atoms with van der Waals surface area (Å²) in [5, 5.41) is 5.93. The number of benzene rings is 3. The molecule has 0 aliphatic rings. The van der Waals surface area contributed by atoms with Gasteiger partial charge in [-0.1, -0.05) is 35.9 Å². The predicted octanol–water partition coefficient (Wildman–Crippen LogP) is 4.40. The molecule has 0 fully saturated rings. The van der Waals surface area contributed by atoms with Gasteiger partial charge in [0.1, 0.15) is 18.2 Å². The molecule has 0 saturated carbocycles. The number of hydrogen-bond acceptors (Lipinski definition) is 3. The van der Waals surface area contributed by atoms with Gasteiger partial charge in [0.15, 0.2) is 0 Å². The molecular weight excluding hydrogens is 419 g/mol. The van der Waals surface area contributed by atoms with Gasteiger partial charge < -0.3 is 15.2 Å². The summed E-state index contributed by atoms with van der Waals surface area (Å²) in [5.41, 5.74) is 2.00. The molecule has 8 heteroatoms. The molecule has 31 heavy (non-hydrogen) atoms. The van der Waals surface area contributed by atoms with E-state index < -0.39 is 11.7 Å². The van der Waals surface area contributed by atoms with Crippen LogP contribution in [0.5, 0.6) is 0 Å². The van der Waals surface area contributed by atoms with Crippen molar-refractivity contribution in [2.45, 2.75) is 13.1 Å². The van der Waals surface area contributed by atoms with Crippen molar-refractivity contribution < 1.29 is 14.0 Å². The zero-order chi connectivity index (χ0) is 21.8. The number of carbonyl (C=O) groups excluding carboxylic acids is 2. The molecule has 0 atom stereocenters. The standard InChI is InChI=1S/C23H18ClFN4O2/c24-16-11-9-15(10-12-16)23(31)26-13-21-27-19-7-3-4-8-20(19)29(21)14-22(30)28-18-6-2-1-5-17(18)25/h1-12H,13-14H2,(H,26,31)(H,28,30). The lowest BCUT2D eigenvalue weighted by Crippen LogP contribution is -2.26. The second-order valence-electron chi connectivity index (χ2n) is 6.82. The first kappa shape index (κ1) is 20.6. The van der Waals surface area contributed by atoms with E-state index in [0.717, 1.165) is 5.52 Å². The van der Waals surface area contributed by atoms with Crippen molar-refractivity contribution in [3.8, 4) is 0 Å². The van der Waals surface area contributed by atoms with Gasteiger partial charge in [0.05, 0.1) is 23.3 Å². The van der Waals surface area contributed by atoms with E-state index in [4.69, 9.17) is 11.6 Å². The van der Waals surface area contributed by atoms with Crippen molar-refractivity contribution in [1.82, 2.24) is 14.9 Å². The molecule has 0 bridgehead atoms. The Kier molecular flexibility index (Phi) is 5.95. The minimum Gasteiger partial charge on any atom is -0.345 e. The van der Waals surface area contributed by atoms with Gasteiger partial charge in [0, 0.05) is 10.6 Å². The minimum atomic E-state index is -0.512. The molecule has 3 aromatic carbocycles. The molecule has 0 aliphatic heterocycles. The van der Waals surface area contributed by atoms with Crippen molar-refractivity contribution in [3.63, 3.8) is 0 Å². The molecule has 0 aliphatic carbocycles. The van der Waals surface area contributed by atoms with E-state index in [1.807, 2.05) is 24.3 Å². The van der Waals surface area contributed by atoms with Crippen molar-refractivity contribution >= 4 is 40.1 Å². The minimum absolute atomic E-state index is 0.0823. The number of nitrogens with zero attached hydrogens (tertiary/aromatic N) is 2. The summed E-state index contributed by atoms with van der Waals surface area (Å²) in [7, 11) is 0. The van der Waals surface area contributed by atoms with Crippen molar-refractivity contribution in [2.24, 2.45) is 0 Å². The van der Waals surface area contributed by atoms with E-state index in [2.05, 4.69) is 15.6 Å². The van der Waals surface area contributed by atoms with Crippen LogP contribution in [-0.4, -0.2) is 21.4 Å². The summed E-state index contributed by atoms with van der Waals surface area (Å²) in [5.74, 6) is -0.696. The normalized spacial score (nSPS) is 10.8. The van der Waals surface area contributed by atoms with Gasteiger partial charge in [0.2, 0.25) is 5.91 Å². The average molecular weight is 437 g/mol. The molecule has 0 unspecified atom stereocenters. The van der Waals surface area contributed by atoms with Gasteiger partial charge in [-0.3, -0.25) is 9.59 Å². The summed E-state index contributed by atoms with van der Waals surface area (Å²) in [6.07, 6.45) is 0. The number of imidazole rings is 1. The molecule has 4 rings (SSSR count). The van der Waals surface area contributed by atoms with Gasteiger partial charge in [-0.15, -0.1) is 0 Å². The number of fused-ring (bicyclic) bond motifs is 1. The van der Waals surface area contributed by atoms with E-state index in [0.29, 0.717) is 21.9 Å². The molecule has 2 N–H and O–H groups in total. The fraction of sp³-hybridized carbons (Fsp3) is 0.0870. The smallest absolute Gasteiger partial charge is 0.251 e. The summed E-state index contributed by atoms with van der Waals surface area (Å²) >= 11 is 5.87. The Labute approximate surface area is 182 Å². The lowest BCUT2D eigenvalue weighted by Gasteiger charge is -2.11. The number of rotatable bonds is 6. The summed E-state index contributed by atoms with van der Waals surface area (Å²) in [6.45, 7) is 0.0319. The van der Waals surface area contributed by atoms with Crippen molar-refractivity contribution in [1.29, 1.82) is 0 Å². The molecule has 156 valence electrons. The molecular formula is C23H18ClFN4O2. The lowest BCUT2D eigenvalue weighted by molar-refractivity contribution is -0.116. The summed E-state index contributed by atoms with van der Waals surface area (Å²) < 4.78 is 15.6. The molecule has 1 heterocycles. The Morgan fingerprint density at radius 2 is 1.68 bits per heavy atom. The molecule has 1 aromatic heterocycles. The third kappa shape index (κ3) is 4.73. The first-order valence-corrected chi connectivity index (χ1v) is 9.91. The number of para-hydroxylation sites is 3. The van der Waals surface area contributed by atoms with Crippen LogP contribution in [0.25, 0.3) is 11.0 Å². The monoisotopic (exact) mass is 436 g/mol. The van der Waals surface area contributed by atoms with Crippen LogP contribution in [0.2, 0.25) is 5.02 Å². The van der Waals surface area contributed by atoms with E-state index in [9.17, 15) is 14.0 Å². The summed E-state index contributed by atoms with van der Waals surface area (Å²) in [4.78, 5) is 29.6. The number of carbonyl (C=O) groups is 2. The zero-order valence-electron chi connectivity index (χ0n) is 16.3. The SMILES string of the molecule is O=C(Cn1c(CNC(=O)c2ccc(Cl)cc2)nc2ccccc21)Nc1ccccc1F. The first-order valence-electron chi connectivity index (χ1n) is 9.53. The highest BCUT2D eigenvalue weighted by Crippen LogP contribution is 2.18. The Bertz CT molecular complexity index is 1250. The summed E-state index contributed by atoms with van der Waals surface area (Å²) in [6, 6.07) is 19.8. The highest BCUT2D eigenvalue weighted by molar-refractivity contribution is 6.30. The van der Waals surface area contributed by atoms with Gasteiger partial charge in [0.25, 0.3) is 5.91 Å². The number of halogens is 2. The predicted molar refractivity (Wildman–Crippen MR) is 117 cm³/mol. The van der Waals surface area contributed by atoms with Crippen LogP contribution in [0, 0.1) is 5.82 Å². The maximum absolute atomic E-state index is 13.9. The Balaban J connectivity index is 1.54. The molecule has 4 aromatic rings. The first-order chi connectivity index (χ1) is 15.0. The maximum Gasteiger partial charge on any atom is 0.251 e. The quantitative estimate of drug-likeness (QED) is 0.470. The van der Waals surface area contributed by atoms with E-state index in [1.54, 1.807) is 41.0 Å². The fourth-order valence-electron chi connectivity index (χ4n) is 3.20. The van der Waals surface area contributed by atoms with Crippen LogP contribution >= 0.6 is 11.6 Å². The topological polar surface area (TPSA) is 76.0 Å².